The molecule has 2 heterocycles. The number of rotatable bonds is 6. The summed E-state index contributed by atoms with van der Waals surface area (Å²) in [6, 6.07) is 9.20. The minimum Gasteiger partial charge on any atom is -0.480 e. The lowest BCUT2D eigenvalue weighted by Gasteiger charge is -2.25. The van der Waals surface area contributed by atoms with Crippen molar-refractivity contribution >= 4 is 34.0 Å². The number of benzene rings is 2. The van der Waals surface area contributed by atoms with Crippen molar-refractivity contribution in [3.05, 3.63) is 35.9 Å². The number of hydrogen-bond donors (Lipinski definition) is 1. The van der Waals surface area contributed by atoms with Gasteiger partial charge in [-0.1, -0.05) is 12.1 Å². The highest BCUT2D eigenvalue weighted by atomic mass is 19.4. The highest BCUT2D eigenvalue weighted by Crippen LogP contribution is 2.42. The number of hydrogen-bond acceptors (Lipinski definition) is 4. The Morgan fingerprint density at radius 3 is 2.55 bits per heavy atom. The van der Waals surface area contributed by atoms with E-state index in [9.17, 15) is 22.8 Å². The Bertz CT molecular complexity index is 1010. The summed E-state index contributed by atoms with van der Waals surface area (Å²) in [6.07, 6.45) is -4.48. The van der Waals surface area contributed by atoms with Gasteiger partial charge in [0.2, 0.25) is 0 Å². The average molecular weight is 435 g/mol. The van der Waals surface area contributed by atoms with Gasteiger partial charge in [0.15, 0.2) is 0 Å². The molecule has 2 aromatic carbocycles. The van der Waals surface area contributed by atoms with Crippen LogP contribution in [0.25, 0.3) is 10.8 Å². The lowest BCUT2D eigenvalue weighted by Crippen LogP contribution is -2.34. The number of nitrogens with zero attached hydrogens (tertiary/aromatic N) is 3. The number of carbonyl (C=O) groups excluding carboxylic acids is 1. The maximum Gasteiger partial charge on any atom is 0.389 e. The number of carbonyl (C=O) groups is 2. The van der Waals surface area contributed by atoms with Crippen LogP contribution in [-0.2, 0) is 4.79 Å². The molecule has 0 radical (unpaired) electrons. The van der Waals surface area contributed by atoms with Gasteiger partial charge >= 0.3 is 12.1 Å². The second-order valence-electron chi connectivity index (χ2n) is 8.02. The van der Waals surface area contributed by atoms with E-state index in [-0.39, 0.29) is 25.4 Å². The van der Waals surface area contributed by atoms with Crippen molar-refractivity contribution in [2.24, 2.45) is 0 Å². The van der Waals surface area contributed by atoms with E-state index in [4.69, 9.17) is 5.11 Å². The molecule has 9 heteroatoms. The van der Waals surface area contributed by atoms with Crippen LogP contribution in [0.15, 0.2) is 30.3 Å². The smallest absolute Gasteiger partial charge is 0.389 e. The normalized spacial score (nSPS) is 17.5. The maximum absolute atomic E-state index is 12.9. The highest BCUT2D eigenvalue weighted by Gasteiger charge is 2.33. The van der Waals surface area contributed by atoms with E-state index in [2.05, 4.69) is 4.90 Å². The summed E-state index contributed by atoms with van der Waals surface area (Å²) < 4.78 is 37.7. The fourth-order valence-electron chi connectivity index (χ4n) is 4.53. The van der Waals surface area contributed by atoms with Gasteiger partial charge in [-0.25, -0.2) is 0 Å². The highest BCUT2D eigenvalue weighted by molar-refractivity contribution is 6.26. The van der Waals surface area contributed by atoms with Gasteiger partial charge in [0.05, 0.1) is 12.2 Å². The zero-order chi connectivity index (χ0) is 22.2. The Kier molecular flexibility index (Phi) is 5.79. The fraction of sp³-hybridized carbons (Fsp3) is 0.455. The number of amides is 1. The Morgan fingerprint density at radius 1 is 1.03 bits per heavy atom. The first kappa shape index (κ1) is 21.4. The molecule has 0 aromatic heterocycles. The summed E-state index contributed by atoms with van der Waals surface area (Å²) in [5, 5.41) is 10.7. The molecule has 0 spiro atoms. The summed E-state index contributed by atoms with van der Waals surface area (Å²) in [7, 11) is 0. The average Bonchev–Trinajstić information content (AvgIpc) is 2.84. The first-order valence-corrected chi connectivity index (χ1v) is 10.4. The molecule has 2 aliphatic rings. The standard InChI is InChI=1S/C22H24F3N3O3/c23-22(24,25)8-2-11-28-18-7-6-17(15-4-1-5-16(20(15)18)21(28)31)27-10-3-9-26(12-13-27)14-19(29)30/h1,4-7H,2-3,8-14H2,(H,29,30). The zero-order valence-corrected chi connectivity index (χ0v) is 17.0. The number of alkyl halides is 3. The Labute approximate surface area is 177 Å². The van der Waals surface area contributed by atoms with E-state index in [0.29, 0.717) is 30.9 Å². The molecular formula is C22H24F3N3O3. The molecule has 4 rings (SSSR count). The minimum atomic E-state index is -4.24. The monoisotopic (exact) mass is 435 g/mol. The zero-order valence-electron chi connectivity index (χ0n) is 17.0. The van der Waals surface area contributed by atoms with Gasteiger partial charge < -0.3 is 14.9 Å². The second kappa shape index (κ2) is 8.37. The molecule has 0 unspecified atom stereocenters. The third-order valence-electron chi connectivity index (χ3n) is 5.89. The molecule has 0 bridgehead atoms. The molecule has 0 atom stereocenters. The minimum absolute atomic E-state index is 0.0130. The number of carboxylic acid groups (broad SMARTS) is 1. The van der Waals surface area contributed by atoms with E-state index in [1.54, 1.807) is 12.1 Å². The van der Waals surface area contributed by atoms with E-state index < -0.39 is 18.6 Å². The van der Waals surface area contributed by atoms with Crippen molar-refractivity contribution in [2.75, 3.05) is 49.1 Å². The fourth-order valence-corrected chi connectivity index (χ4v) is 4.53. The maximum atomic E-state index is 12.9. The van der Waals surface area contributed by atoms with Crippen molar-refractivity contribution in [1.82, 2.24) is 4.90 Å². The predicted octanol–water partition coefficient (Wildman–Crippen LogP) is 3.74. The van der Waals surface area contributed by atoms with Crippen molar-refractivity contribution in [1.29, 1.82) is 0 Å². The van der Waals surface area contributed by atoms with E-state index in [1.807, 2.05) is 23.1 Å². The summed E-state index contributed by atoms with van der Waals surface area (Å²) >= 11 is 0. The molecule has 1 saturated heterocycles. The lowest BCUT2D eigenvalue weighted by molar-refractivity contribution is -0.138. The van der Waals surface area contributed by atoms with Crippen LogP contribution in [0.2, 0.25) is 0 Å². The Morgan fingerprint density at radius 2 is 1.81 bits per heavy atom. The summed E-state index contributed by atoms with van der Waals surface area (Å²) in [6.45, 7) is 2.79. The molecule has 0 saturated carbocycles. The molecule has 2 aliphatic heterocycles. The van der Waals surface area contributed by atoms with Crippen LogP contribution in [0.1, 0.15) is 29.6 Å². The van der Waals surface area contributed by atoms with Gasteiger partial charge in [-0.2, -0.15) is 13.2 Å². The number of halogens is 3. The molecule has 31 heavy (non-hydrogen) atoms. The molecule has 0 aliphatic carbocycles. The van der Waals surface area contributed by atoms with Crippen LogP contribution in [0.5, 0.6) is 0 Å². The van der Waals surface area contributed by atoms with Crippen LogP contribution >= 0.6 is 0 Å². The molecule has 1 N–H and O–H groups in total. The van der Waals surface area contributed by atoms with Gasteiger partial charge in [-0.05, 0) is 31.0 Å². The van der Waals surface area contributed by atoms with E-state index >= 15 is 0 Å². The molecule has 1 amide bonds. The molecule has 6 nitrogen and oxygen atoms in total. The third-order valence-corrected chi connectivity index (χ3v) is 5.89. The quantitative estimate of drug-likeness (QED) is 0.749. The first-order valence-electron chi connectivity index (χ1n) is 10.4. The van der Waals surface area contributed by atoms with Crippen molar-refractivity contribution < 1.29 is 27.9 Å². The lowest BCUT2D eigenvalue weighted by atomic mass is 10.0. The predicted molar refractivity (Wildman–Crippen MR) is 112 cm³/mol. The Balaban J connectivity index is 1.60. The summed E-state index contributed by atoms with van der Waals surface area (Å²) in [4.78, 5) is 29.5. The van der Waals surface area contributed by atoms with Gasteiger partial charge in [-0.3, -0.25) is 14.5 Å². The van der Waals surface area contributed by atoms with Crippen molar-refractivity contribution in [3.8, 4) is 0 Å². The van der Waals surface area contributed by atoms with Crippen LogP contribution < -0.4 is 9.80 Å². The number of carboxylic acids is 1. The molecule has 166 valence electrons. The van der Waals surface area contributed by atoms with E-state index in [0.717, 1.165) is 29.4 Å². The van der Waals surface area contributed by atoms with Crippen LogP contribution in [-0.4, -0.2) is 67.3 Å². The van der Waals surface area contributed by atoms with Gasteiger partial charge in [0.1, 0.15) is 0 Å². The van der Waals surface area contributed by atoms with Crippen LogP contribution in [0.4, 0.5) is 24.5 Å². The number of anilines is 2. The van der Waals surface area contributed by atoms with E-state index in [1.165, 1.54) is 4.90 Å². The van der Waals surface area contributed by atoms with Gasteiger partial charge in [-0.15, -0.1) is 0 Å². The van der Waals surface area contributed by atoms with Crippen molar-refractivity contribution in [2.45, 2.75) is 25.4 Å². The van der Waals surface area contributed by atoms with Gasteiger partial charge in [0, 0.05) is 61.2 Å². The Hall–Kier alpha value is -2.81. The van der Waals surface area contributed by atoms with Crippen LogP contribution in [0.3, 0.4) is 0 Å². The first-order chi connectivity index (χ1) is 14.7. The summed E-state index contributed by atoms with van der Waals surface area (Å²) in [5.74, 6) is -1.11. The summed E-state index contributed by atoms with van der Waals surface area (Å²) in [5.41, 5.74) is 2.13. The molecule has 2 aromatic rings. The third kappa shape index (κ3) is 4.46. The second-order valence-corrected chi connectivity index (χ2v) is 8.02. The topological polar surface area (TPSA) is 64.1 Å². The largest absolute Gasteiger partial charge is 0.480 e. The number of aliphatic carboxylic acids is 1. The molecular weight excluding hydrogens is 411 g/mol. The van der Waals surface area contributed by atoms with Gasteiger partial charge in [0.25, 0.3) is 5.91 Å². The SMILES string of the molecule is O=C(O)CN1CCCN(c2ccc3c4c(cccc24)C(=O)N3CCCC(F)(F)F)CC1. The molecule has 1 fully saturated rings. The van der Waals surface area contributed by atoms with Crippen LogP contribution in [0, 0.1) is 0 Å². The van der Waals surface area contributed by atoms with Crippen molar-refractivity contribution in [3.63, 3.8) is 0 Å².